The van der Waals surface area contributed by atoms with Crippen molar-refractivity contribution in [1.29, 1.82) is 0 Å². The third-order valence-corrected chi connectivity index (χ3v) is 3.07. The molecule has 10 heteroatoms. The number of carbonyl (C=O) groups excluding carboxylic acids is 2. The van der Waals surface area contributed by atoms with Crippen molar-refractivity contribution in [1.82, 2.24) is 0 Å². The van der Waals surface area contributed by atoms with E-state index in [2.05, 4.69) is 25.3 Å². The average Bonchev–Trinajstić information content (AvgIpc) is 2.55. The Balaban J connectivity index is 3.47. The summed E-state index contributed by atoms with van der Waals surface area (Å²) in [6.45, 7) is -0.147. The zero-order chi connectivity index (χ0) is 18.3. The molecule has 1 rings (SSSR count). The molecule has 24 heavy (non-hydrogen) atoms. The number of hydrogen-bond donors (Lipinski definition) is 4. The Morgan fingerprint density at radius 3 is 1.33 bits per heavy atom. The van der Waals surface area contributed by atoms with Crippen LogP contribution >= 0.6 is 25.3 Å². The van der Waals surface area contributed by atoms with Crippen LogP contribution in [0.2, 0.25) is 0 Å². The second kappa shape index (κ2) is 9.18. The number of ether oxygens (including phenoxy) is 2. The fourth-order valence-electron chi connectivity index (χ4n) is 1.72. The predicted octanol–water partition coefficient (Wildman–Crippen LogP) is 1.26. The molecule has 0 saturated heterocycles. The maximum atomic E-state index is 12.0. The lowest BCUT2D eigenvalue weighted by molar-refractivity contribution is 0.0482. The van der Waals surface area contributed by atoms with E-state index in [1.807, 2.05) is 0 Å². The zero-order valence-electron chi connectivity index (χ0n) is 12.2. The van der Waals surface area contributed by atoms with E-state index in [4.69, 9.17) is 19.7 Å². The van der Waals surface area contributed by atoms with Crippen LogP contribution in [0.25, 0.3) is 0 Å². The summed E-state index contributed by atoms with van der Waals surface area (Å²) in [6, 6.07) is 1.56. The summed E-state index contributed by atoms with van der Waals surface area (Å²) in [6.07, 6.45) is 0. The summed E-state index contributed by atoms with van der Waals surface area (Å²) < 4.78 is 9.66. The summed E-state index contributed by atoms with van der Waals surface area (Å²) in [7, 11) is 0. The molecule has 0 unspecified atom stereocenters. The first-order chi connectivity index (χ1) is 11.3. The van der Waals surface area contributed by atoms with Crippen LogP contribution in [0.4, 0.5) is 0 Å². The van der Waals surface area contributed by atoms with Gasteiger partial charge in [0.2, 0.25) is 0 Å². The van der Waals surface area contributed by atoms with Gasteiger partial charge >= 0.3 is 23.9 Å². The van der Waals surface area contributed by atoms with Crippen molar-refractivity contribution < 1.29 is 38.9 Å². The molecule has 0 bridgehead atoms. The van der Waals surface area contributed by atoms with Crippen molar-refractivity contribution in [2.75, 3.05) is 24.7 Å². The van der Waals surface area contributed by atoms with Crippen LogP contribution < -0.4 is 0 Å². The zero-order valence-corrected chi connectivity index (χ0v) is 14.0. The molecule has 0 saturated carbocycles. The van der Waals surface area contributed by atoms with Crippen molar-refractivity contribution in [3.05, 3.63) is 34.4 Å². The number of hydrogen-bond acceptors (Lipinski definition) is 8. The van der Waals surface area contributed by atoms with Crippen molar-refractivity contribution in [3.63, 3.8) is 0 Å². The van der Waals surface area contributed by atoms with Crippen molar-refractivity contribution in [3.8, 4) is 0 Å². The van der Waals surface area contributed by atoms with E-state index < -0.39 is 46.1 Å². The Hall–Kier alpha value is -2.20. The number of carboxylic acid groups (broad SMARTS) is 2. The lowest BCUT2D eigenvalue weighted by Gasteiger charge is -2.12. The number of carboxylic acids is 2. The monoisotopic (exact) mass is 374 g/mol. The highest BCUT2D eigenvalue weighted by atomic mass is 32.1. The molecule has 0 aliphatic carbocycles. The van der Waals surface area contributed by atoms with Crippen molar-refractivity contribution in [2.45, 2.75) is 0 Å². The quantitative estimate of drug-likeness (QED) is 0.396. The highest BCUT2D eigenvalue weighted by Gasteiger charge is 2.27. The van der Waals surface area contributed by atoms with Crippen molar-refractivity contribution in [2.24, 2.45) is 0 Å². The molecule has 0 amide bonds. The predicted molar refractivity (Wildman–Crippen MR) is 88.6 cm³/mol. The van der Waals surface area contributed by atoms with E-state index in [1.54, 1.807) is 0 Å². The Morgan fingerprint density at radius 1 is 0.750 bits per heavy atom. The molecule has 130 valence electrons. The molecule has 0 aromatic heterocycles. The molecule has 1 aromatic rings. The van der Waals surface area contributed by atoms with Gasteiger partial charge < -0.3 is 19.7 Å². The molecule has 0 heterocycles. The Morgan fingerprint density at radius 2 is 1.08 bits per heavy atom. The van der Waals surface area contributed by atoms with E-state index >= 15 is 0 Å². The van der Waals surface area contributed by atoms with Crippen LogP contribution in [0.5, 0.6) is 0 Å². The van der Waals surface area contributed by atoms with Gasteiger partial charge in [0.1, 0.15) is 13.2 Å². The molecule has 1 aromatic carbocycles. The van der Waals surface area contributed by atoms with Crippen LogP contribution in [-0.2, 0) is 9.47 Å². The van der Waals surface area contributed by atoms with Crippen molar-refractivity contribution >= 4 is 49.1 Å². The SMILES string of the molecule is O=C(O)c1cc(C(=O)OCCS)c(C(=O)OCCS)cc1C(=O)O. The maximum Gasteiger partial charge on any atom is 0.339 e. The van der Waals surface area contributed by atoms with E-state index in [0.717, 1.165) is 12.1 Å². The molecular weight excluding hydrogens is 360 g/mol. The summed E-state index contributed by atoms with van der Waals surface area (Å²) in [5.74, 6) is -4.67. The third kappa shape index (κ3) is 4.90. The van der Waals surface area contributed by atoms with Crippen LogP contribution in [0.15, 0.2) is 12.1 Å². The van der Waals surface area contributed by atoms with Crippen LogP contribution in [0, 0.1) is 0 Å². The highest BCUT2D eigenvalue weighted by Crippen LogP contribution is 2.20. The van der Waals surface area contributed by atoms with Gasteiger partial charge in [-0.2, -0.15) is 25.3 Å². The Kier molecular flexibility index (Phi) is 7.59. The van der Waals surface area contributed by atoms with Gasteiger partial charge in [0.15, 0.2) is 0 Å². The lowest BCUT2D eigenvalue weighted by Crippen LogP contribution is -2.19. The normalized spacial score (nSPS) is 10.1. The third-order valence-electron chi connectivity index (χ3n) is 2.71. The number of rotatable bonds is 8. The summed E-state index contributed by atoms with van der Waals surface area (Å²) in [5, 5.41) is 18.2. The van der Waals surface area contributed by atoms with E-state index in [-0.39, 0.29) is 24.7 Å². The molecule has 0 spiro atoms. The lowest BCUT2D eigenvalue weighted by atomic mass is 9.98. The number of esters is 2. The molecule has 0 atom stereocenters. The van der Waals surface area contributed by atoms with Gasteiger partial charge in [-0.25, -0.2) is 19.2 Å². The van der Waals surface area contributed by atoms with Gasteiger partial charge in [0, 0.05) is 11.5 Å². The highest BCUT2D eigenvalue weighted by molar-refractivity contribution is 7.80. The van der Waals surface area contributed by atoms with Gasteiger partial charge in [0.25, 0.3) is 0 Å². The fourth-order valence-corrected chi connectivity index (χ4v) is 1.91. The maximum absolute atomic E-state index is 12.0. The van der Waals surface area contributed by atoms with E-state index in [9.17, 15) is 19.2 Å². The minimum atomic E-state index is -1.56. The molecule has 0 aliphatic heterocycles. The van der Waals surface area contributed by atoms with Gasteiger partial charge in [-0.1, -0.05) is 0 Å². The Bertz CT molecular complexity index is 614. The molecule has 0 fully saturated rings. The minimum absolute atomic E-state index is 0.0733. The van der Waals surface area contributed by atoms with E-state index in [1.165, 1.54) is 0 Å². The van der Waals surface area contributed by atoms with Crippen LogP contribution in [0.3, 0.4) is 0 Å². The summed E-state index contributed by atoms with van der Waals surface area (Å²) in [5.41, 5.74) is -2.09. The molecule has 8 nitrogen and oxygen atoms in total. The summed E-state index contributed by atoms with van der Waals surface area (Å²) >= 11 is 7.73. The van der Waals surface area contributed by atoms with Crippen LogP contribution in [-0.4, -0.2) is 58.8 Å². The molecule has 0 radical (unpaired) electrons. The van der Waals surface area contributed by atoms with E-state index in [0.29, 0.717) is 0 Å². The smallest absolute Gasteiger partial charge is 0.339 e. The molecule has 2 N–H and O–H groups in total. The Labute approximate surface area is 147 Å². The van der Waals surface area contributed by atoms with Gasteiger partial charge in [0.05, 0.1) is 22.3 Å². The van der Waals surface area contributed by atoms with Gasteiger partial charge in [-0.15, -0.1) is 0 Å². The standard InChI is InChI=1S/C14H14O8S2/c15-11(16)7-5-9(13(19)21-1-3-23)10(6-8(7)12(17)18)14(20)22-2-4-24/h5-6,23-24H,1-4H2,(H,15,16)(H,17,18). The second-order valence-corrected chi connectivity index (χ2v) is 5.17. The first-order valence-corrected chi connectivity index (χ1v) is 7.80. The average molecular weight is 374 g/mol. The first kappa shape index (κ1) is 19.8. The minimum Gasteiger partial charge on any atom is -0.478 e. The molecule has 0 aliphatic rings. The second-order valence-electron chi connectivity index (χ2n) is 4.27. The number of carbonyl (C=O) groups is 4. The largest absolute Gasteiger partial charge is 0.478 e. The van der Waals surface area contributed by atoms with Gasteiger partial charge in [-0.05, 0) is 12.1 Å². The fraction of sp³-hybridized carbons (Fsp3) is 0.286. The molecular formula is C14H14O8S2. The first-order valence-electron chi connectivity index (χ1n) is 6.54. The van der Waals surface area contributed by atoms with Gasteiger partial charge in [-0.3, -0.25) is 0 Å². The summed E-state index contributed by atoms with van der Waals surface area (Å²) in [4.78, 5) is 46.5. The van der Waals surface area contributed by atoms with Crippen LogP contribution in [0.1, 0.15) is 41.4 Å². The number of aromatic carboxylic acids is 2. The topological polar surface area (TPSA) is 127 Å². The number of thiol groups is 2. The number of benzene rings is 1.